The maximum Gasteiger partial charge on any atom is 0.237 e. The van der Waals surface area contributed by atoms with Crippen molar-refractivity contribution in [2.24, 2.45) is 5.73 Å². The van der Waals surface area contributed by atoms with E-state index in [1.54, 1.807) is 0 Å². The highest BCUT2D eigenvalue weighted by Crippen LogP contribution is 2.05. The van der Waals surface area contributed by atoms with Gasteiger partial charge < -0.3 is 26.5 Å². The van der Waals surface area contributed by atoms with Crippen LogP contribution in [-0.2, 0) is 9.59 Å². The van der Waals surface area contributed by atoms with E-state index in [4.69, 9.17) is 11.1 Å². The first kappa shape index (κ1) is 14.4. The summed E-state index contributed by atoms with van der Waals surface area (Å²) in [5.74, 6) is -0.194. The molecule has 0 aromatic heterocycles. The van der Waals surface area contributed by atoms with E-state index < -0.39 is 6.04 Å². The first-order valence-corrected chi connectivity index (χ1v) is 6.20. The number of carbonyl (C=O) groups excluding carboxylic acids is 2. The van der Waals surface area contributed by atoms with Crippen molar-refractivity contribution in [1.82, 2.24) is 16.0 Å². The minimum absolute atomic E-state index is 0.0863. The van der Waals surface area contributed by atoms with E-state index in [0.717, 1.165) is 25.7 Å². The Hall–Kier alpha value is -1.63. The molecule has 0 radical (unpaired) electrons. The molecule has 0 unspecified atom stereocenters. The van der Waals surface area contributed by atoms with Gasteiger partial charge in [-0.05, 0) is 32.2 Å². The summed E-state index contributed by atoms with van der Waals surface area (Å²) in [6.45, 7) is 1.38. The molecule has 0 aromatic carbocycles. The number of amides is 1. The number of hydrogen-bond donors (Lipinski definition) is 5. The predicted molar refractivity (Wildman–Crippen MR) is 68.2 cm³/mol. The molecular formula is C11H21N5O2. The number of rotatable bonds is 7. The third-order valence-electron chi connectivity index (χ3n) is 2.88. The summed E-state index contributed by atoms with van der Waals surface area (Å²) in [7, 11) is 0. The standard InChI is InChI=1S/C11H21N5O2/c12-11(13)15-6-1-3-8(7-17)16-10(18)9-4-2-5-14-9/h7-9,14H,1-6H2,(H,16,18)(H4,12,13,15)/t8-,9-/m0/s1. The summed E-state index contributed by atoms with van der Waals surface area (Å²) in [4.78, 5) is 22.6. The van der Waals surface area contributed by atoms with Crippen molar-refractivity contribution in [1.29, 1.82) is 5.41 Å². The molecule has 0 saturated carbocycles. The predicted octanol–water partition coefficient (Wildman–Crippen LogP) is -1.31. The normalized spacial score (nSPS) is 20.1. The van der Waals surface area contributed by atoms with Gasteiger partial charge in [-0.2, -0.15) is 0 Å². The Balaban J connectivity index is 2.21. The van der Waals surface area contributed by atoms with Crippen molar-refractivity contribution in [3.63, 3.8) is 0 Å². The maximum atomic E-state index is 11.8. The molecule has 7 nitrogen and oxygen atoms in total. The molecule has 18 heavy (non-hydrogen) atoms. The highest BCUT2D eigenvalue weighted by molar-refractivity contribution is 5.84. The van der Waals surface area contributed by atoms with Crippen LogP contribution >= 0.6 is 0 Å². The van der Waals surface area contributed by atoms with Gasteiger partial charge in [-0.25, -0.2) is 0 Å². The van der Waals surface area contributed by atoms with Crippen molar-refractivity contribution >= 4 is 18.2 Å². The first-order chi connectivity index (χ1) is 8.63. The molecule has 0 bridgehead atoms. The van der Waals surface area contributed by atoms with E-state index in [2.05, 4.69) is 16.0 Å². The number of nitrogens with one attached hydrogen (secondary N) is 4. The fourth-order valence-electron chi connectivity index (χ4n) is 1.91. The van der Waals surface area contributed by atoms with Crippen molar-refractivity contribution in [3.8, 4) is 0 Å². The number of guanidine groups is 1. The maximum absolute atomic E-state index is 11.8. The van der Waals surface area contributed by atoms with Crippen molar-refractivity contribution in [2.75, 3.05) is 13.1 Å². The molecule has 1 aliphatic heterocycles. The number of nitrogens with two attached hydrogens (primary N) is 1. The average Bonchev–Trinajstić information content (AvgIpc) is 2.86. The average molecular weight is 255 g/mol. The van der Waals surface area contributed by atoms with E-state index in [1.165, 1.54) is 0 Å². The Morgan fingerprint density at radius 2 is 2.39 bits per heavy atom. The summed E-state index contributed by atoms with van der Waals surface area (Å²) < 4.78 is 0. The Morgan fingerprint density at radius 3 is 2.94 bits per heavy atom. The Labute approximate surface area is 106 Å². The van der Waals surface area contributed by atoms with Crippen molar-refractivity contribution in [2.45, 2.75) is 37.8 Å². The molecular weight excluding hydrogens is 234 g/mol. The highest BCUT2D eigenvalue weighted by Gasteiger charge is 2.23. The van der Waals surface area contributed by atoms with Gasteiger partial charge in [0.1, 0.15) is 6.29 Å². The monoisotopic (exact) mass is 255 g/mol. The van der Waals surface area contributed by atoms with Gasteiger partial charge in [0.2, 0.25) is 5.91 Å². The molecule has 6 N–H and O–H groups in total. The lowest BCUT2D eigenvalue weighted by Gasteiger charge is -2.16. The van der Waals surface area contributed by atoms with Crippen LogP contribution in [0.2, 0.25) is 0 Å². The largest absolute Gasteiger partial charge is 0.370 e. The molecule has 1 heterocycles. The van der Waals surface area contributed by atoms with Crippen LogP contribution in [0.25, 0.3) is 0 Å². The summed E-state index contributed by atoms with van der Waals surface area (Å²) in [5.41, 5.74) is 5.13. The van der Waals surface area contributed by atoms with Crippen molar-refractivity contribution < 1.29 is 9.59 Å². The zero-order valence-corrected chi connectivity index (χ0v) is 10.4. The number of aldehydes is 1. The van der Waals surface area contributed by atoms with Crippen LogP contribution in [0.15, 0.2) is 0 Å². The Morgan fingerprint density at radius 1 is 1.61 bits per heavy atom. The topological polar surface area (TPSA) is 120 Å². The number of hydrogen-bond acceptors (Lipinski definition) is 4. The lowest BCUT2D eigenvalue weighted by molar-refractivity contribution is -0.125. The second-order valence-electron chi connectivity index (χ2n) is 4.38. The van der Waals surface area contributed by atoms with Gasteiger partial charge in [-0.15, -0.1) is 0 Å². The molecule has 7 heteroatoms. The molecule has 1 aliphatic rings. The smallest absolute Gasteiger partial charge is 0.237 e. The van der Waals surface area contributed by atoms with E-state index in [1.807, 2.05) is 0 Å². The molecule has 1 rings (SSSR count). The van der Waals surface area contributed by atoms with E-state index in [9.17, 15) is 9.59 Å². The SMILES string of the molecule is N=C(N)NCCC[C@@H](C=O)NC(=O)[C@@H]1CCCN1. The summed E-state index contributed by atoms with van der Waals surface area (Å²) in [6, 6.07) is -0.628. The lowest BCUT2D eigenvalue weighted by atomic mass is 10.1. The Kier molecular flexibility index (Phi) is 6.13. The van der Waals surface area contributed by atoms with Gasteiger partial charge in [0, 0.05) is 6.54 Å². The second-order valence-corrected chi connectivity index (χ2v) is 4.38. The van der Waals surface area contributed by atoms with Crippen LogP contribution in [0, 0.1) is 5.41 Å². The van der Waals surface area contributed by atoms with E-state index in [-0.39, 0.29) is 17.9 Å². The van der Waals surface area contributed by atoms with Gasteiger partial charge in [-0.3, -0.25) is 10.2 Å². The third-order valence-corrected chi connectivity index (χ3v) is 2.88. The number of carbonyl (C=O) groups is 2. The van der Waals surface area contributed by atoms with Gasteiger partial charge in [0.25, 0.3) is 0 Å². The summed E-state index contributed by atoms with van der Waals surface area (Å²) in [6.07, 6.45) is 3.78. The Bertz CT molecular complexity index is 302. The molecule has 102 valence electrons. The molecule has 1 fully saturated rings. The van der Waals surface area contributed by atoms with Gasteiger partial charge in [-0.1, -0.05) is 0 Å². The van der Waals surface area contributed by atoms with Gasteiger partial charge in [0.15, 0.2) is 5.96 Å². The highest BCUT2D eigenvalue weighted by atomic mass is 16.2. The van der Waals surface area contributed by atoms with Crippen LogP contribution in [0.3, 0.4) is 0 Å². The fourth-order valence-corrected chi connectivity index (χ4v) is 1.91. The van der Waals surface area contributed by atoms with Crippen LogP contribution in [0.5, 0.6) is 0 Å². The zero-order chi connectivity index (χ0) is 13.4. The lowest BCUT2D eigenvalue weighted by Crippen LogP contribution is -2.46. The molecule has 0 aromatic rings. The quantitative estimate of drug-likeness (QED) is 0.167. The first-order valence-electron chi connectivity index (χ1n) is 6.20. The molecule has 1 amide bonds. The van der Waals surface area contributed by atoms with E-state index >= 15 is 0 Å². The van der Waals surface area contributed by atoms with Crippen LogP contribution in [0.4, 0.5) is 0 Å². The van der Waals surface area contributed by atoms with Crippen LogP contribution < -0.4 is 21.7 Å². The minimum Gasteiger partial charge on any atom is -0.370 e. The second kappa shape index (κ2) is 7.65. The van der Waals surface area contributed by atoms with Crippen LogP contribution in [0.1, 0.15) is 25.7 Å². The van der Waals surface area contributed by atoms with Crippen molar-refractivity contribution in [3.05, 3.63) is 0 Å². The van der Waals surface area contributed by atoms with Gasteiger partial charge in [0.05, 0.1) is 12.1 Å². The molecule has 0 aliphatic carbocycles. The summed E-state index contributed by atoms with van der Waals surface area (Å²) >= 11 is 0. The van der Waals surface area contributed by atoms with Crippen LogP contribution in [-0.4, -0.2) is 43.3 Å². The third kappa shape index (κ3) is 5.13. The minimum atomic E-state index is -0.464. The van der Waals surface area contributed by atoms with Gasteiger partial charge >= 0.3 is 0 Å². The molecule has 2 atom stereocenters. The van der Waals surface area contributed by atoms with E-state index in [0.29, 0.717) is 19.4 Å². The zero-order valence-electron chi connectivity index (χ0n) is 10.4. The summed E-state index contributed by atoms with van der Waals surface area (Å²) in [5, 5.41) is 15.4. The molecule has 0 spiro atoms. The fraction of sp³-hybridized carbons (Fsp3) is 0.727. The molecule has 1 saturated heterocycles.